The van der Waals surface area contributed by atoms with Gasteiger partial charge in [0.1, 0.15) is 9.84 Å². The second kappa shape index (κ2) is 4.72. The molecule has 1 aromatic rings. The average Bonchev–Trinajstić information content (AvgIpc) is 2.05. The molecule has 0 amide bonds. The van der Waals surface area contributed by atoms with Gasteiger partial charge in [0.05, 0.1) is 11.9 Å². The van der Waals surface area contributed by atoms with E-state index in [2.05, 4.69) is 4.98 Å². The fraction of sp³-hybridized carbons (Fsp3) is 0.500. The summed E-state index contributed by atoms with van der Waals surface area (Å²) in [6, 6.07) is 3.68. The zero-order chi connectivity index (χ0) is 11.5. The molecule has 0 fully saturated rings. The van der Waals surface area contributed by atoms with Crippen LogP contribution < -0.4 is 0 Å². The fourth-order valence-electron chi connectivity index (χ4n) is 1.27. The highest BCUT2D eigenvalue weighted by Gasteiger charge is 2.13. The summed E-state index contributed by atoms with van der Waals surface area (Å²) >= 11 is 0. The molecule has 1 unspecified atom stereocenters. The molecule has 15 heavy (non-hydrogen) atoms. The molecule has 0 aromatic carbocycles. The normalized spacial score (nSPS) is 13.8. The molecule has 0 saturated heterocycles. The molecule has 0 saturated carbocycles. The Balaban J connectivity index is 2.59. The molecule has 84 valence electrons. The van der Waals surface area contributed by atoms with E-state index in [0.29, 0.717) is 5.69 Å². The fourth-order valence-corrected chi connectivity index (χ4v) is 2.09. The van der Waals surface area contributed by atoms with Crippen molar-refractivity contribution < 1.29 is 13.5 Å². The lowest BCUT2D eigenvalue weighted by atomic mass is 10.2. The number of sulfone groups is 1. The molecule has 0 aliphatic heterocycles. The van der Waals surface area contributed by atoms with E-state index in [-0.39, 0.29) is 12.2 Å². The van der Waals surface area contributed by atoms with Gasteiger partial charge in [-0.3, -0.25) is 4.98 Å². The predicted molar refractivity (Wildman–Crippen MR) is 58.4 cm³/mol. The lowest BCUT2D eigenvalue weighted by molar-refractivity contribution is 0.196. The summed E-state index contributed by atoms with van der Waals surface area (Å²) in [6.45, 7) is 1.92. The van der Waals surface area contributed by atoms with Gasteiger partial charge in [-0.25, -0.2) is 8.42 Å². The Morgan fingerprint density at radius 3 is 2.60 bits per heavy atom. The Kier molecular flexibility index (Phi) is 3.82. The van der Waals surface area contributed by atoms with Gasteiger partial charge in [0, 0.05) is 24.6 Å². The third kappa shape index (κ3) is 4.90. The lowest BCUT2D eigenvalue weighted by Gasteiger charge is -2.08. The third-order valence-corrected chi connectivity index (χ3v) is 2.90. The van der Waals surface area contributed by atoms with Crippen molar-refractivity contribution in [3.05, 3.63) is 29.6 Å². The molecule has 5 heteroatoms. The molecule has 0 bridgehead atoms. The van der Waals surface area contributed by atoms with E-state index < -0.39 is 15.9 Å². The zero-order valence-corrected chi connectivity index (χ0v) is 9.66. The van der Waals surface area contributed by atoms with Crippen molar-refractivity contribution in [2.75, 3.05) is 12.0 Å². The number of pyridine rings is 1. The van der Waals surface area contributed by atoms with Crippen molar-refractivity contribution in [3.8, 4) is 0 Å². The van der Waals surface area contributed by atoms with Crippen molar-refractivity contribution in [2.45, 2.75) is 19.4 Å². The maximum absolute atomic E-state index is 10.9. The first-order valence-corrected chi connectivity index (χ1v) is 6.70. The summed E-state index contributed by atoms with van der Waals surface area (Å²) in [5.41, 5.74) is 1.74. The topological polar surface area (TPSA) is 67.3 Å². The first-order chi connectivity index (χ1) is 6.87. The Morgan fingerprint density at radius 2 is 2.13 bits per heavy atom. The molecule has 4 nitrogen and oxygen atoms in total. The van der Waals surface area contributed by atoms with E-state index in [4.69, 9.17) is 0 Å². The molecular weight excluding hydrogens is 214 g/mol. The predicted octanol–water partition coefficient (Wildman–Crippen LogP) is 0.338. The molecule has 1 rings (SSSR count). The quantitative estimate of drug-likeness (QED) is 0.808. The smallest absolute Gasteiger partial charge is 0.150 e. The van der Waals surface area contributed by atoms with Crippen LogP contribution in [0, 0.1) is 6.92 Å². The summed E-state index contributed by atoms with van der Waals surface area (Å²) in [6.07, 6.45) is 2.20. The van der Waals surface area contributed by atoms with Gasteiger partial charge in [-0.15, -0.1) is 0 Å². The van der Waals surface area contributed by atoms with E-state index in [1.54, 1.807) is 12.3 Å². The van der Waals surface area contributed by atoms with Crippen LogP contribution >= 0.6 is 0 Å². The van der Waals surface area contributed by atoms with Crippen molar-refractivity contribution in [1.29, 1.82) is 0 Å². The third-order valence-electron chi connectivity index (χ3n) is 1.91. The largest absolute Gasteiger partial charge is 0.392 e. The van der Waals surface area contributed by atoms with Crippen LogP contribution in [0.3, 0.4) is 0 Å². The summed E-state index contributed by atoms with van der Waals surface area (Å²) in [4.78, 5) is 4.09. The molecule has 0 radical (unpaired) electrons. The van der Waals surface area contributed by atoms with E-state index >= 15 is 0 Å². The molecule has 1 aromatic heterocycles. The van der Waals surface area contributed by atoms with Crippen molar-refractivity contribution in [2.24, 2.45) is 0 Å². The minimum atomic E-state index is -3.13. The van der Waals surface area contributed by atoms with E-state index in [1.807, 2.05) is 13.0 Å². The monoisotopic (exact) mass is 229 g/mol. The van der Waals surface area contributed by atoms with E-state index in [9.17, 15) is 13.5 Å². The van der Waals surface area contributed by atoms with Crippen LogP contribution in [0.4, 0.5) is 0 Å². The number of aliphatic hydroxyl groups excluding tert-OH is 1. The number of hydrogen-bond acceptors (Lipinski definition) is 4. The number of hydrogen-bond donors (Lipinski definition) is 1. The number of nitrogens with zero attached hydrogens (tertiary/aromatic N) is 1. The molecular formula is C10H15NO3S. The van der Waals surface area contributed by atoms with Crippen LogP contribution in [-0.2, 0) is 16.3 Å². The highest BCUT2D eigenvalue weighted by molar-refractivity contribution is 7.90. The Morgan fingerprint density at radius 1 is 1.47 bits per heavy atom. The Bertz CT molecular complexity index is 411. The van der Waals surface area contributed by atoms with Crippen LogP contribution in [0.5, 0.6) is 0 Å². The zero-order valence-electron chi connectivity index (χ0n) is 8.84. The number of aliphatic hydroxyl groups is 1. The minimum Gasteiger partial charge on any atom is -0.392 e. The van der Waals surface area contributed by atoms with E-state index in [0.717, 1.165) is 11.8 Å². The van der Waals surface area contributed by atoms with Crippen molar-refractivity contribution in [1.82, 2.24) is 4.98 Å². The summed E-state index contributed by atoms with van der Waals surface area (Å²) < 4.78 is 21.8. The summed E-state index contributed by atoms with van der Waals surface area (Å²) in [5, 5.41) is 9.49. The lowest BCUT2D eigenvalue weighted by Crippen LogP contribution is -2.22. The number of rotatable bonds is 4. The van der Waals surface area contributed by atoms with Crippen LogP contribution in [0.25, 0.3) is 0 Å². The Labute approximate surface area is 89.9 Å². The molecule has 0 aliphatic carbocycles. The maximum atomic E-state index is 10.9. The maximum Gasteiger partial charge on any atom is 0.150 e. The van der Waals surface area contributed by atoms with Gasteiger partial charge >= 0.3 is 0 Å². The van der Waals surface area contributed by atoms with Crippen LogP contribution in [-0.4, -0.2) is 36.6 Å². The second-order valence-electron chi connectivity index (χ2n) is 3.78. The number of aromatic nitrogens is 1. The first-order valence-electron chi connectivity index (χ1n) is 4.64. The van der Waals surface area contributed by atoms with Crippen LogP contribution in [0.2, 0.25) is 0 Å². The van der Waals surface area contributed by atoms with Crippen molar-refractivity contribution in [3.63, 3.8) is 0 Å². The molecule has 0 spiro atoms. The average molecular weight is 229 g/mol. The van der Waals surface area contributed by atoms with Gasteiger partial charge in [0.2, 0.25) is 0 Å². The number of aryl methyl sites for hydroxylation is 1. The molecule has 0 aliphatic rings. The highest BCUT2D eigenvalue weighted by atomic mass is 32.2. The first kappa shape index (κ1) is 12.1. The minimum absolute atomic E-state index is 0.220. The van der Waals surface area contributed by atoms with Crippen LogP contribution in [0.15, 0.2) is 18.3 Å². The van der Waals surface area contributed by atoms with Crippen LogP contribution in [0.1, 0.15) is 11.3 Å². The molecule has 1 atom stereocenters. The van der Waals surface area contributed by atoms with Gasteiger partial charge < -0.3 is 5.11 Å². The molecule has 1 heterocycles. The summed E-state index contributed by atoms with van der Waals surface area (Å²) in [7, 11) is -3.13. The van der Waals surface area contributed by atoms with Gasteiger partial charge in [-0.2, -0.15) is 0 Å². The second-order valence-corrected chi connectivity index (χ2v) is 5.96. The van der Waals surface area contributed by atoms with Gasteiger partial charge in [0.25, 0.3) is 0 Å². The summed E-state index contributed by atoms with van der Waals surface area (Å²) in [5.74, 6) is -0.220. The highest BCUT2D eigenvalue weighted by Crippen LogP contribution is 2.03. The van der Waals surface area contributed by atoms with Crippen molar-refractivity contribution >= 4 is 9.84 Å². The Hall–Kier alpha value is -0.940. The van der Waals surface area contributed by atoms with Gasteiger partial charge in [0.15, 0.2) is 0 Å². The SMILES string of the molecule is Cc1ccc(CC(O)CS(C)(=O)=O)nc1. The van der Waals surface area contributed by atoms with Gasteiger partial charge in [-0.1, -0.05) is 6.07 Å². The van der Waals surface area contributed by atoms with E-state index in [1.165, 1.54) is 0 Å². The molecule has 1 N–H and O–H groups in total. The van der Waals surface area contributed by atoms with Gasteiger partial charge in [-0.05, 0) is 18.6 Å². The standard InChI is InChI=1S/C10H15NO3S/c1-8-3-4-9(11-6-8)5-10(12)7-15(2,13)14/h3-4,6,10,12H,5,7H2,1-2H3.